The van der Waals surface area contributed by atoms with Gasteiger partial charge in [-0.1, -0.05) is 72.8 Å². The molecule has 194 valence electrons. The van der Waals surface area contributed by atoms with E-state index in [2.05, 4.69) is 17.0 Å². The molecule has 0 saturated carbocycles. The van der Waals surface area contributed by atoms with Crippen LogP contribution in [0.4, 0.5) is 0 Å². The number of amides is 1. The first kappa shape index (κ1) is 26.4. The van der Waals surface area contributed by atoms with E-state index in [4.69, 9.17) is 4.74 Å². The Labute approximate surface area is 219 Å². The maximum atomic E-state index is 13.9. The van der Waals surface area contributed by atoms with E-state index in [0.29, 0.717) is 13.0 Å². The van der Waals surface area contributed by atoms with Crippen LogP contribution < -0.4 is 4.74 Å². The summed E-state index contributed by atoms with van der Waals surface area (Å²) in [5.41, 5.74) is 4.12. The van der Waals surface area contributed by atoms with Crippen molar-refractivity contribution in [1.29, 1.82) is 0 Å². The number of aliphatic carboxylic acids is 1. The molecule has 1 aliphatic rings. The molecular weight excluding hydrogens is 464 g/mol. The highest BCUT2D eigenvalue weighted by molar-refractivity contribution is 5.91. The Balaban J connectivity index is 1.46. The van der Waals surface area contributed by atoms with Gasteiger partial charge in [0.25, 0.3) is 0 Å². The van der Waals surface area contributed by atoms with Crippen LogP contribution in [-0.4, -0.2) is 66.1 Å². The van der Waals surface area contributed by atoms with E-state index in [9.17, 15) is 14.7 Å². The number of hydrogen-bond donors (Lipinski definition) is 1. The zero-order valence-corrected chi connectivity index (χ0v) is 21.8. The van der Waals surface area contributed by atoms with Crippen LogP contribution in [0.5, 0.6) is 5.75 Å². The number of carbonyl (C=O) groups is 2. The first-order valence-corrected chi connectivity index (χ1v) is 12.9. The topological polar surface area (TPSA) is 70.1 Å². The van der Waals surface area contributed by atoms with Gasteiger partial charge in [0.05, 0.1) is 13.0 Å². The van der Waals surface area contributed by atoms with Crippen LogP contribution in [0.1, 0.15) is 41.0 Å². The molecule has 1 saturated heterocycles. The Morgan fingerprint density at radius 3 is 2.19 bits per heavy atom. The molecule has 0 bridgehead atoms. The number of carboxylic acids is 1. The number of methoxy groups -OCH3 is 1. The standard InChI is InChI=1S/C31H36N2O4/c1-22-19-23(16-17-28(22)37-3)11-10-18-32(2)26-20-27(31(35)36)33(21-26)30(34)29(24-12-6-4-7-13-24)25-14-8-5-9-15-25/h4-9,12-17,19,26-27,29H,10-11,18,20-21H2,1-3H3,(H,35,36). The molecule has 0 aliphatic carbocycles. The maximum Gasteiger partial charge on any atom is 0.326 e. The van der Waals surface area contributed by atoms with Crippen molar-refractivity contribution in [2.45, 2.75) is 44.2 Å². The molecule has 1 aliphatic heterocycles. The highest BCUT2D eigenvalue weighted by atomic mass is 16.5. The Morgan fingerprint density at radius 1 is 1.03 bits per heavy atom. The molecule has 1 amide bonds. The van der Waals surface area contributed by atoms with E-state index in [0.717, 1.165) is 41.8 Å². The highest BCUT2D eigenvalue weighted by Gasteiger charge is 2.43. The van der Waals surface area contributed by atoms with Crippen LogP contribution in [0.3, 0.4) is 0 Å². The van der Waals surface area contributed by atoms with Gasteiger partial charge in [-0.25, -0.2) is 4.79 Å². The van der Waals surface area contributed by atoms with E-state index in [-0.39, 0.29) is 11.9 Å². The van der Waals surface area contributed by atoms with E-state index in [1.807, 2.05) is 80.7 Å². The van der Waals surface area contributed by atoms with Crippen LogP contribution in [0, 0.1) is 6.92 Å². The minimum atomic E-state index is -0.946. The first-order valence-electron chi connectivity index (χ1n) is 12.9. The van der Waals surface area contributed by atoms with Gasteiger partial charge < -0.3 is 19.6 Å². The minimum absolute atomic E-state index is 0.00477. The van der Waals surface area contributed by atoms with Gasteiger partial charge in [0, 0.05) is 12.6 Å². The molecule has 1 N–H and O–H groups in total. The Hall–Kier alpha value is -3.64. The number of likely N-dealkylation sites (N-methyl/N-ethyl adjacent to an activating group) is 1. The number of nitrogens with zero attached hydrogens (tertiary/aromatic N) is 2. The lowest BCUT2D eigenvalue weighted by molar-refractivity contribution is -0.148. The van der Waals surface area contributed by atoms with Gasteiger partial charge in [0.15, 0.2) is 0 Å². The SMILES string of the molecule is COc1ccc(CCCN(C)C2CC(C(=O)O)N(C(=O)C(c3ccccc3)c3ccccc3)C2)cc1C. The molecule has 37 heavy (non-hydrogen) atoms. The fourth-order valence-corrected chi connectivity index (χ4v) is 5.36. The smallest absolute Gasteiger partial charge is 0.326 e. The molecule has 3 aromatic rings. The summed E-state index contributed by atoms with van der Waals surface area (Å²) in [4.78, 5) is 30.0. The fraction of sp³-hybridized carbons (Fsp3) is 0.355. The zero-order chi connectivity index (χ0) is 26.4. The second-order valence-electron chi connectivity index (χ2n) is 9.88. The molecule has 0 spiro atoms. The largest absolute Gasteiger partial charge is 0.496 e. The van der Waals surface area contributed by atoms with Crippen molar-refractivity contribution in [3.8, 4) is 5.75 Å². The first-order chi connectivity index (χ1) is 17.9. The maximum absolute atomic E-state index is 13.9. The van der Waals surface area contributed by atoms with Crippen LogP contribution in [0.2, 0.25) is 0 Å². The number of aryl methyl sites for hydroxylation is 2. The summed E-state index contributed by atoms with van der Waals surface area (Å²) in [5, 5.41) is 10.0. The third-order valence-electron chi connectivity index (χ3n) is 7.42. The summed E-state index contributed by atoms with van der Waals surface area (Å²) in [7, 11) is 3.71. The molecule has 1 heterocycles. The van der Waals surface area contributed by atoms with Crippen molar-refractivity contribution in [1.82, 2.24) is 9.80 Å². The molecular formula is C31H36N2O4. The van der Waals surface area contributed by atoms with Crippen molar-refractivity contribution < 1.29 is 19.4 Å². The molecule has 2 unspecified atom stereocenters. The van der Waals surface area contributed by atoms with Gasteiger partial charge >= 0.3 is 5.97 Å². The predicted molar refractivity (Wildman–Crippen MR) is 145 cm³/mol. The lowest BCUT2D eigenvalue weighted by atomic mass is 9.90. The number of rotatable bonds is 10. The van der Waals surface area contributed by atoms with E-state index >= 15 is 0 Å². The molecule has 0 radical (unpaired) electrons. The van der Waals surface area contributed by atoms with E-state index < -0.39 is 17.9 Å². The molecule has 4 rings (SSSR count). The van der Waals surface area contributed by atoms with Crippen molar-refractivity contribution in [3.05, 3.63) is 101 Å². The van der Waals surface area contributed by atoms with Crippen LogP contribution >= 0.6 is 0 Å². The minimum Gasteiger partial charge on any atom is -0.496 e. The average Bonchev–Trinajstić information content (AvgIpc) is 3.36. The van der Waals surface area contributed by atoms with Crippen LogP contribution in [0.25, 0.3) is 0 Å². The van der Waals surface area contributed by atoms with Crippen molar-refractivity contribution >= 4 is 11.9 Å². The monoisotopic (exact) mass is 500 g/mol. The molecule has 0 aromatic heterocycles. The van der Waals surface area contributed by atoms with Crippen LogP contribution in [-0.2, 0) is 16.0 Å². The van der Waals surface area contributed by atoms with Crippen molar-refractivity contribution in [2.75, 3.05) is 27.2 Å². The summed E-state index contributed by atoms with van der Waals surface area (Å²) in [6.45, 7) is 3.28. The van der Waals surface area contributed by atoms with Gasteiger partial charge in [-0.15, -0.1) is 0 Å². The molecule has 1 fully saturated rings. The average molecular weight is 501 g/mol. The van der Waals surface area contributed by atoms with Gasteiger partial charge in [-0.3, -0.25) is 4.79 Å². The Morgan fingerprint density at radius 2 is 1.65 bits per heavy atom. The third kappa shape index (κ3) is 6.20. The van der Waals surface area contributed by atoms with Crippen molar-refractivity contribution in [2.24, 2.45) is 0 Å². The second-order valence-corrected chi connectivity index (χ2v) is 9.88. The molecule has 3 aromatic carbocycles. The van der Waals surface area contributed by atoms with Crippen molar-refractivity contribution in [3.63, 3.8) is 0 Å². The third-order valence-corrected chi connectivity index (χ3v) is 7.42. The molecule has 2 atom stereocenters. The lowest BCUT2D eigenvalue weighted by Gasteiger charge is -2.28. The molecule has 6 nitrogen and oxygen atoms in total. The quantitative estimate of drug-likeness (QED) is 0.435. The zero-order valence-electron chi connectivity index (χ0n) is 21.8. The Kier molecular flexibility index (Phi) is 8.62. The number of likely N-dealkylation sites (tertiary alicyclic amines) is 1. The number of benzene rings is 3. The summed E-state index contributed by atoms with van der Waals surface area (Å²) in [5.74, 6) is -0.750. The number of ether oxygens (including phenoxy) is 1. The van der Waals surface area contributed by atoms with Crippen LogP contribution in [0.15, 0.2) is 78.9 Å². The highest BCUT2D eigenvalue weighted by Crippen LogP contribution is 2.31. The predicted octanol–water partition coefficient (Wildman–Crippen LogP) is 4.75. The van der Waals surface area contributed by atoms with Gasteiger partial charge in [0.1, 0.15) is 11.8 Å². The second kappa shape index (κ2) is 12.1. The normalized spacial score (nSPS) is 17.4. The summed E-state index contributed by atoms with van der Waals surface area (Å²) in [6, 6.07) is 24.7. The number of carbonyl (C=O) groups excluding carboxylic acids is 1. The van der Waals surface area contributed by atoms with Gasteiger partial charge in [0.2, 0.25) is 5.91 Å². The lowest BCUT2D eigenvalue weighted by Crippen LogP contribution is -2.43. The van der Waals surface area contributed by atoms with Gasteiger partial charge in [-0.2, -0.15) is 0 Å². The van der Waals surface area contributed by atoms with E-state index in [1.165, 1.54) is 5.56 Å². The van der Waals surface area contributed by atoms with E-state index in [1.54, 1.807) is 12.0 Å². The number of hydrogen-bond acceptors (Lipinski definition) is 4. The summed E-state index contributed by atoms with van der Waals surface area (Å²) in [6.07, 6.45) is 2.30. The van der Waals surface area contributed by atoms with Gasteiger partial charge in [-0.05, 0) is 68.1 Å². The fourth-order valence-electron chi connectivity index (χ4n) is 5.36. The Bertz CT molecular complexity index is 1160. The summed E-state index contributed by atoms with van der Waals surface area (Å²) < 4.78 is 5.35. The summed E-state index contributed by atoms with van der Waals surface area (Å²) >= 11 is 0. The molecule has 6 heteroatoms. The number of carboxylic acid groups (broad SMARTS) is 1.